The number of hydrogen-bond donors (Lipinski definition) is 0. The Morgan fingerprint density at radius 3 is 2.19 bits per heavy atom. The Bertz CT molecular complexity index is 746. The highest BCUT2D eigenvalue weighted by molar-refractivity contribution is 7.89. The van der Waals surface area contributed by atoms with Gasteiger partial charge in [-0.15, -0.1) is 0 Å². The lowest BCUT2D eigenvalue weighted by Gasteiger charge is -2.23. The first-order valence-corrected chi connectivity index (χ1v) is 10.3. The summed E-state index contributed by atoms with van der Waals surface area (Å²) in [5, 5.41) is 0. The summed E-state index contributed by atoms with van der Waals surface area (Å²) in [6.07, 6.45) is 2.62. The SMILES string of the molecule is O=C(CN1CCCN(S(=O)(=O)c2cc(F)cc(F)c2)CC1)N1CCCC1. The molecule has 0 atom stereocenters. The molecule has 0 N–H and O–H groups in total. The van der Waals surface area contributed by atoms with Crippen LogP contribution in [0.25, 0.3) is 0 Å². The van der Waals surface area contributed by atoms with Gasteiger partial charge in [-0.25, -0.2) is 17.2 Å². The van der Waals surface area contributed by atoms with E-state index in [9.17, 15) is 22.0 Å². The Labute approximate surface area is 152 Å². The molecule has 2 fully saturated rings. The minimum atomic E-state index is -3.97. The molecule has 1 aromatic carbocycles. The van der Waals surface area contributed by atoms with E-state index in [1.54, 1.807) is 0 Å². The molecule has 0 unspecified atom stereocenters. The maximum absolute atomic E-state index is 13.4. The van der Waals surface area contributed by atoms with Crippen LogP contribution in [0.1, 0.15) is 19.3 Å². The minimum Gasteiger partial charge on any atom is -0.342 e. The smallest absolute Gasteiger partial charge is 0.243 e. The molecule has 0 aromatic heterocycles. The second kappa shape index (κ2) is 7.98. The molecular weight excluding hydrogens is 364 g/mol. The number of amides is 1. The van der Waals surface area contributed by atoms with E-state index in [1.165, 1.54) is 4.31 Å². The second-order valence-corrected chi connectivity index (χ2v) is 8.66. The van der Waals surface area contributed by atoms with Crippen LogP contribution in [-0.2, 0) is 14.8 Å². The van der Waals surface area contributed by atoms with Gasteiger partial charge in [-0.2, -0.15) is 4.31 Å². The van der Waals surface area contributed by atoms with E-state index in [1.807, 2.05) is 9.80 Å². The number of nitrogens with zero attached hydrogens (tertiary/aromatic N) is 3. The van der Waals surface area contributed by atoms with Crippen molar-refractivity contribution in [1.82, 2.24) is 14.1 Å². The fourth-order valence-electron chi connectivity index (χ4n) is 3.43. The highest BCUT2D eigenvalue weighted by Gasteiger charge is 2.29. The largest absolute Gasteiger partial charge is 0.342 e. The van der Waals surface area contributed by atoms with Crippen LogP contribution in [0, 0.1) is 11.6 Å². The van der Waals surface area contributed by atoms with Crippen molar-refractivity contribution in [2.45, 2.75) is 24.2 Å². The third-order valence-electron chi connectivity index (χ3n) is 4.84. The van der Waals surface area contributed by atoms with E-state index >= 15 is 0 Å². The number of carbonyl (C=O) groups excluding carboxylic acids is 1. The highest BCUT2D eigenvalue weighted by Crippen LogP contribution is 2.20. The molecule has 9 heteroatoms. The first-order valence-electron chi connectivity index (χ1n) is 8.82. The number of rotatable bonds is 4. The fourth-order valence-corrected chi connectivity index (χ4v) is 4.94. The Morgan fingerprint density at radius 2 is 1.54 bits per heavy atom. The summed E-state index contributed by atoms with van der Waals surface area (Å²) < 4.78 is 53.4. The average molecular weight is 387 g/mol. The number of halogens is 2. The Balaban J connectivity index is 1.64. The first kappa shape index (κ1) is 19.2. The molecule has 2 heterocycles. The molecule has 0 aliphatic carbocycles. The third kappa shape index (κ3) is 4.39. The van der Waals surface area contributed by atoms with Gasteiger partial charge in [-0.3, -0.25) is 9.69 Å². The normalized spacial score (nSPS) is 20.3. The van der Waals surface area contributed by atoms with Crippen molar-refractivity contribution in [3.05, 3.63) is 29.8 Å². The van der Waals surface area contributed by atoms with Crippen molar-refractivity contribution >= 4 is 15.9 Å². The molecule has 1 aromatic rings. The van der Waals surface area contributed by atoms with Gasteiger partial charge in [0.1, 0.15) is 11.6 Å². The van der Waals surface area contributed by atoms with Crippen LogP contribution >= 0.6 is 0 Å². The van der Waals surface area contributed by atoms with Gasteiger partial charge < -0.3 is 4.90 Å². The van der Waals surface area contributed by atoms with Crippen molar-refractivity contribution in [2.75, 3.05) is 45.8 Å². The lowest BCUT2D eigenvalue weighted by Crippen LogP contribution is -2.41. The van der Waals surface area contributed by atoms with Crippen molar-refractivity contribution in [3.63, 3.8) is 0 Å². The summed E-state index contributed by atoms with van der Waals surface area (Å²) in [5.41, 5.74) is 0. The summed E-state index contributed by atoms with van der Waals surface area (Å²) in [7, 11) is -3.97. The van der Waals surface area contributed by atoms with E-state index in [0.29, 0.717) is 25.6 Å². The van der Waals surface area contributed by atoms with E-state index in [-0.39, 0.29) is 30.4 Å². The van der Waals surface area contributed by atoms with Crippen molar-refractivity contribution in [3.8, 4) is 0 Å². The zero-order valence-corrected chi connectivity index (χ0v) is 15.4. The number of hydrogen-bond acceptors (Lipinski definition) is 4. The van der Waals surface area contributed by atoms with Gasteiger partial charge in [-0.1, -0.05) is 0 Å². The number of likely N-dealkylation sites (tertiary alicyclic amines) is 1. The van der Waals surface area contributed by atoms with Gasteiger partial charge in [0.25, 0.3) is 0 Å². The zero-order valence-electron chi connectivity index (χ0n) is 14.5. The molecule has 3 rings (SSSR count). The summed E-state index contributed by atoms with van der Waals surface area (Å²) in [6, 6.07) is 2.31. The maximum atomic E-state index is 13.4. The molecular formula is C17H23F2N3O3S. The van der Waals surface area contributed by atoms with Gasteiger partial charge >= 0.3 is 0 Å². The first-order chi connectivity index (χ1) is 12.4. The summed E-state index contributed by atoms with van der Waals surface area (Å²) in [4.78, 5) is 15.7. The molecule has 6 nitrogen and oxygen atoms in total. The van der Waals surface area contributed by atoms with Crippen LogP contribution in [0.4, 0.5) is 8.78 Å². The Morgan fingerprint density at radius 1 is 0.885 bits per heavy atom. The van der Waals surface area contributed by atoms with Crippen LogP contribution in [0.3, 0.4) is 0 Å². The summed E-state index contributed by atoms with van der Waals surface area (Å²) in [5.74, 6) is -1.77. The van der Waals surface area contributed by atoms with E-state index in [4.69, 9.17) is 0 Å². The predicted molar refractivity (Wildman–Crippen MR) is 92.0 cm³/mol. The number of benzene rings is 1. The van der Waals surface area contributed by atoms with Gasteiger partial charge in [0, 0.05) is 38.8 Å². The van der Waals surface area contributed by atoms with E-state index in [0.717, 1.165) is 38.1 Å². The molecule has 0 radical (unpaired) electrons. The fraction of sp³-hybridized carbons (Fsp3) is 0.588. The molecule has 0 saturated carbocycles. The highest BCUT2D eigenvalue weighted by atomic mass is 32.2. The second-order valence-electron chi connectivity index (χ2n) is 6.73. The average Bonchev–Trinajstić information content (AvgIpc) is 3.01. The zero-order chi connectivity index (χ0) is 18.7. The van der Waals surface area contributed by atoms with Crippen molar-refractivity contribution in [2.24, 2.45) is 0 Å². The van der Waals surface area contributed by atoms with Gasteiger partial charge in [0.15, 0.2) is 0 Å². The van der Waals surface area contributed by atoms with Gasteiger partial charge in [-0.05, 0) is 37.9 Å². The molecule has 2 aliphatic heterocycles. The lowest BCUT2D eigenvalue weighted by atomic mass is 10.3. The molecule has 26 heavy (non-hydrogen) atoms. The maximum Gasteiger partial charge on any atom is 0.243 e. The monoisotopic (exact) mass is 387 g/mol. The standard InChI is InChI=1S/C17H23F2N3O3S/c18-14-10-15(19)12-16(11-14)26(24,25)22-7-3-4-20(8-9-22)13-17(23)21-5-1-2-6-21/h10-12H,1-9,13H2. The Hall–Kier alpha value is -1.58. The Kier molecular flexibility index (Phi) is 5.89. The molecule has 2 aliphatic rings. The van der Waals surface area contributed by atoms with Crippen LogP contribution < -0.4 is 0 Å². The molecule has 0 spiro atoms. The summed E-state index contributed by atoms with van der Waals surface area (Å²) in [6.45, 7) is 3.33. The van der Waals surface area contributed by atoms with E-state index in [2.05, 4.69) is 0 Å². The van der Waals surface area contributed by atoms with Crippen LogP contribution in [0.15, 0.2) is 23.1 Å². The van der Waals surface area contributed by atoms with Gasteiger partial charge in [0.2, 0.25) is 15.9 Å². The predicted octanol–water partition coefficient (Wildman–Crippen LogP) is 1.28. The van der Waals surface area contributed by atoms with Gasteiger partial charge in [0.05, 0.1) is 11.4 Å². The molecule has 2 saturated heterocycles. The van der Waals surface area contributed by atoms with Crippen LogP contribution in [-0.4, -0.2) is 74.2 Å². The third-order valence-corrected chi connectivity index (χ3v) is 6.72. The lowest BCUT2D eigenvalue weighted by molar-refractivity contribution is -0.131. The summed E-state index contributed by atoms with van der Waals surface area (Å²) >= 11 is 0. The molecule has 144 valence electrons. The van der Waals surface area contributed by atoms with E-state index < -0.39 is 21.7 Å². The van der Waals surface area contributed by atoms with Crippen molar-refractivity contribution in [1.29, 1.82) is 0 Å². The van der Waals surface area contributed by atoms with Crippen molar-refractivity contribution < 1.29 is 22.0 Å². The number of carbonyl (C=O) groups is 1. The van der Waals surface area contributed by atoms with Crippen LogP contribution in [0.2, 0.25) is 0 Å². The molecule has 0 bridgehead atoms. The minimum absolute atomic E-state index is 0.0750. The van der Waals surface area contributed by atoms with Crippen LogP contribution in [0.5, 0.6) is 0 Å². The number of sulfonamides is 1. The quantitative estimate of drug-likeness (QED) is 0.781. The molecule has 1 amide bonds. The topological polar surface area (TPSA) is 60.9 Å².